The second-order valence-electron chi connectivity index (χ2n) is 9.82. The van der Waals surface area contributed by atoms with Gasteiger partial charge in [0.05, 0.1) is 20.6 Å². The summed E-state index contributed by atoms with van der Waals surface area (Å²) in [7, 11) is 3.14. The van der Waals surface area contributed by atoms with Crippen LogP contribution in [0.25, 0.3) is 0 Å². The summed E-state index contributed by atoms with van der Waals surface area (Å²) in [6, 6.07) is 14.0. The molecular weight excluding hydrogens is 516 g/mol. The van der Waals surface area contributed by atoms with E-state index in [1.54, 1.807) is 31.3 Å². The minimum atomic E-state index is -0.911. The highest BCUT2D eigenvalue weighted by Gasteiger charge is 2.35. The van der Waals surface area contributed by atoms with Gasteiger partial charge in [-0.1, -0.05) is 31.4 Å². The van der Waals surface area contributed by atoms with E-state index in [-0.39, 0.29) is 37.6 Å². The average molecular weight is 551 g/mol. The summed E-state index contributed by atoms with van der Waals surface area (Å²) >= 11 is 1.52. The van der Waals surface area contributed by atoms with Gasteiger partial charge in [-0.25, -0.2) is 0 Å². The maximum Gasteiger partial charge on any atom is 0.247 e. The van der Waals surface area contributed by atoms with Crippen LogP contribution in [0.5, 0.6) is 23.0 Å². The summed E-state index contributed by atoms with van der Waals surface area (Å²) in [6.07, 6.45) is 5.40. The molecular formula is C30H34N2O6S. The van der Waals surface area contributed by atoms with Gasteiger partial charge in [0, 0.05) is 29.1 Å². The fourth-order valence-electron chi connectivity index (χ4n) is 5.25. The molecule has 39 heavy (non-hydrogen) atoms. The molecule has 0 radical (unpaired) electrons. The molecule has 0 unspecified atom stereocenters. The Morgan fingerprint density at radius 1 is 1.03 bits per heavy atom. The molecule has 1 N–H and O–H groups in total. The van der Waals surface area contributed by atoms with E-state index in [0.717, 1.165) is 36.1 Å². The van der Waals surface area contributed by atoms with Crippen LogP contribution in [0, 0.1) is 0 Å². The molecule has 2 heterocycles. The van der Waals surface area contributed by atoms with Crippen molar-refractivity contribution in [2.45, 2.75) is 57.2 Å². The molecule has 1 atom stereocenters. The number of carbonyl (C=O) groups is 2. The second-order valence-corrected chi connectivity index (χ2v) is 10.9. The number of nitrogens with one attached hydrogen (secondary N) is 1. The van der Waals surface area contributed by atoms with Crippen LogP contribution in [0.15, 0.2) is 53.9 Å². The maximum atomic E-state index is 14.1. The number of fused-ring (bicyclic) bond motifs is 1. The van der Waals surface area contributed by atoms with Crippen molar-refractivity contribution in [3.05, 3.63) is 69.9 Å². The SMILES string of the molecule is COc1ccc([C@@H](C(=O)NC2CCCCC2)N(Cc2ccc3c(c2)OCO3)C(=O)Cc2cccs2)c(OC)c1. The smallest absolute Gasteiger partial charge is 0.247 e. The van der Waals surface area contributed by atoms with Gasteiger partial charge in [0.15, 0.2) is 11.5 Å². The van der Waals surface area contributed by atoms with Crippen LogP contribution in [0.2, 0.25) is 0 Å². The van der Waals surface area contributed by atoms with E-state index in [9.17, 15) is 9.59 Å². The molecule has 2 amide bonds. The number of rotatable bonds is 10. The van der Waals surface area contributed by atoms with E-state index in [1.165, 1.54) is 17.8 Å². The first-order valence-electron chi connectivity index (χ1n) is 13.3. The molecule has 206 valence electrons. The van der Waals surface area contributed by atoms with E-state index in [0.29, 0.717) is 28.6 Å². The molecule has 1 aliphatic carbocycles. The van der Waals surface area contributed by atoms with E-state index >= 15 is 0 Å². The van der Waals surface area contributed by atoms with E-state index in [4.69, 9.17) is 18.9 Å². The van der Waals surface area contributed by atoms with Crippen molar-refractivity contribution in [2.75, 3.05) is 21.0 Å². The van der Waals surface area contributed by atoms with E-state index in [1.807, 2.05) is 41.8 Å². The lowest BCUT2D eigenvalue weighted by molar-refractivity contribution is -0.141. The quantitative estimate of drug-likeness (QED) is 0.371. The van der Waals surface area contributed by atoms with Crippen LogP contribution in [0.4, 0.5) is 0 Å². The molecule has 0 bridgehead atoms. The summed E-state index contributed by atoms with van der Waals surface area (Å²) in [4.78, 5) is 30.7. The van der Waals surface area contributed by atoms with Crippen LogP contribution >= 0.6 is 11.3 Å². The van der Waals surface area contributed by atoms with Crippen LogP contribution < -0.4 is 24.3 Å². The van der Waals surface area contributed by atoms with Gasteiger partial charge in [0.2, 0.25) is 18.6 Å². The Hall–Kier alpha value is -3.72. The van der Waals surface area contributed by atoms with Crippen LogP contribution in [-0.2, 0) is 22.6 Å². The molecule has 1 saturated carbocycles. The third kappa shape index (κ3) is 6.30. The van der Waals surface area contributed by atoms with Gasteiger partial charge in [-0.2, -0.15) is 0 Å². The van der Waals surface area contributed by atoms with Crippen molar-refractivity contribution in [3.63, 3.8) is 0 Å². The summed E-state index contributed by atoms with van der Waals surface area (Å²) in [5.41, 5.74) is 1.44. The highest BCUT2D eigenvalue weighted by Crippen LogP contribution is 2.37. The monoisotopic (exact) mass is 550 g/mol. The number of nitrogens with zero attached hydrogens (tertiary/aromatic N) is 1. The summed E-state index contributed by atoms with van der Waals surface area (Å²) < 4.78 is 22.2. The fourth-order valence-corrected chi connectivity index (χ4v) is 5.94. The highest BCUT2D eigenvalue weighted by molar-refractivity contribution is 7.10. The second kappa shape index (κ2) is 12.4. The zero-order valence-electron chi connectivity index (χ0n) is 22.3. The third-order valence-electron chi connectivity index (χ3n) is 7.26. The molecule has 2 aromatic carbocycles. The number of benzene rings is 2. The lowest BCUT2D eigenvalue weighted by atomic mass is 9.94. The number of amides is 2. The topological polar surface area (TPSA) is 86.3 Å². The average Bonchev–Trinajstić information content (AvgIpc) is 3.65. The van der Waals surface area contributed by atoms with Crippen LogP contribution in [0.3, 0.4) is 0 Å². The number of hydrogen-bond acceptors (Lipinski definition) is 7. The first-order valence-corrected chi connectivity index (χ1v) is 14.2. The molecule has 2 aliphatic rings. The highest BCUT2D eigenvalue weighted by atomic mass is 32.1. The number of hydrogen-bond donors (Lipinski definition) is 1. The first-order chi connectivity index (χ1) is 19.1. The van der Waals surface area contributed by atoms with Gasteiger partial charge < -0.3 is 29.2 Å². The third-order valence-corrected chi connectivity index (χ3v) is 8.14. The van der Waals surface area contributed by atoms with Crippen molar-refractivity contribution >= 4 is 23.2 Å². The normalized spacial score (nSPS) is 15.4. The molecule has 1 aliphatic heterocycles. The predicted molar refractivity (Wildman–Crippen MR) is 148 cm³/mol. The molecule has 8 nitrogen and oxygen atoms in total. The summed E-state index contributed by atoms with van der Waals surface area (Å²) in [5.74, 6) is 2.01. The predicted octanol–water partition coefficient (Wildman–Crippen LogP) is 5.26. The Balaban J connectivity index is 1.55. The van der Waals surface area contributed by atoms with Crippen molar-refractivity contribution in [1.29, 1.82) is 0 Å². The lowest BCUT2D eigenvalue weighted by Crippen LogP contribution is -2.47. The molecule has 5 rings (SSSR count). The van der Waals surface area contributed by atoms with Gasteiger partial charge >= 0.3 is 0 Å². The van der Waals surface area contributed by atoms with Crippen molar-refractivity contribution in [3.8, 4) is 23.0 Å². The van der Waals surface area contributed by atoms with Gasteiger partial charge in [-0.15, -0.1) is 11.3 Å². The van der Waals surface area contributed by atoms with E-state index in [2.05, 4.69) is 5.32 Å². The molecule has 0 spiro atoms. The minimum absolute atomic E-state index is 0.0813. The minimum Gasteiger partial charge on any atom is -0.497 e. The summed E-state index contributed by atoms with van der Waals surface area (Å²) in [5, 5.41) is 5.21. The Morgan fingerprint density at radius 3 is 2.59 bits per heavy atom. The first kappa shape index (κ1) is 26.9. The largest absolute Gasteiger partial charge is 0.497 e. The van der Waals surface area contributed by atoms with Crippen molar-refractivity contribution in [2.24, 2.45) is 0 Å². The zero-order chi connectivity index (χ0) is 27.2. The number of methoxy groups -OCH3 is 2. The van der Waals surface area contributed by atoms with Gasteiger partial charge in [-0.3, -0.25) is 9.59 Å². The summed E-state index contributed by atoms with van der Waals surface area (Å²) in [6.45, 7) is 0.369. The molecule has 1 aromatic heterocycles. The fraction of sp³-hybridized carbons (Fsp3) is 0.400. The molecule has 0 saturated heterocycles. The Morgan fingerprint density at radius 2 is 1.85 bits per heavy atom. The molecule has 3 aromatic rings. The number of carbonyl (C=O) groups excluding carboxylic acids is 2. The number of thiophene rings is 1. The number of ether oxygens (including phenoxy) is 4. The van der Waals surface area contributed by atoms with Crippen LogP contribution in [-0.4, -0.2) is 43.8 Å². The Kier molecular flexibility index (Phi) is 8.56. The Labute approximate surface area is 232 Å². The van der Waals surface area contributed by atoms with Crippen LogP contribution in [0.1, 0.15) is 54.1 Å². The standard InChI is InChI=1S/C30H34N2O6S/c1-35-22-11-12-24(26(16-22)36-2)29(30(34)31-21-7-4-3-5-8-21)32(28(33)17-23-9-6-14-39-23)18-20-10-13-25-27(15-20)38-19-37-25/h6,9-16,21,29H,3-5,7-8,17-19H2,1-2H3,(H,31,34)/t29-/m0/s1. The van der Waals surface area contributed by atoms with Gasteiger partial charge in [-0.05, 0) is 54.1 Å². The zero-order valence-corrected chi connectivity index (χ0v) is 23.1. The lowest BCUT2D eigenvalue weighted by Gasteiger charge is -2.34. The van der Waals surface area contributed by atoms with Crippen molar-refractivity contribution in [1.82, 2.24) is 10.2 Å². The Bertz CT molecular complexity index is 1290. The maximum absolute atomic E-state index is 14.1. The van der Waals surface area contributed by atoms with E-state index < -0.39 is 6.04 Å². The molecule has 9 heteroatoms. The van der Waals surface area contributed by atoms with Gasteiger partial charge in [0.1, 0.15) is 17.5 Å². The van der Waals surface area contributed by atoms with Gasteiger partial charge in [0.25, 0.3) is 0 Å². The van der Waals surface area contributed by atoms with Crippen molar-refractivity contribution < 1.29 is 28.5 Å². The molecule has 1 fully saturated rings.